The second kappa shape index (κ2) is 8.82. The number of aromatic nitrogens is 5. The molecule has 1 aliphatic heterocycles. The molecule has 0 saturated heterocycles. The molecule has 0 unspecified atom stereocenters. The van der Waals surface area contributed by atoms with Crippen LogP contribution in [0.4, 0.5) is 11.6 Å². The highest BCUT2D eigenvalue weighted by Crippen LogP contribution is 2.30. The van der Waals surface area contributed by atoms with Gasteiger partial charge in [-0.1, -0.05) is 6.08 Å². The van der Waals surface area contributed by atoms with Crippen molar-refractivity contribution in [3.05, 3.63) is 65.9 Å². The molecular formula is C24H27N7O3S. The molecule has 0 radical (unpaired) electrons. The van der Waals surface area contributed by atoms with Gasteiger partial charge in [0, 0.05) is 42.8 Å². The third-order valence-corrected chi connectivity index (χ3v) is 7.25. The molecule has 1 aliphatic rings. The number of hydrogen-bond acceptors (Lipinski definition) is 7. The van der Waals surface area contributed by atoms with E-state index in [2.05, 4.69) is 21.5 Å². The van der Waals surface area contributed by atoms with Gasteiger partial charge in [-0.25, -0.2) is 17.9 Å². The number of imidazole rings is 1. The molecule has 0 saturated carbocycles. The second-order valence-corrected chi connectivity index (χ2v) is 10.7. The highest BCUT2D eigenvalue weighted by atomic mass is 32.2. The van der Waals surface area contributed by atoms with Crippen molar-refractivity contribution in [3.8, 4) is 11.4 Å². The molecule has 5 rings (SSSR count). The molecule has 182 valence electrons. The predicted molar refractivity (Wildman–Crippen MR) is 135 cm³/mol. The highest BCUT2D eigenvalue weighted by molar-refractivity contribution is 7.88. The quantitative estimate of drug-likeness (QED) is 0.439. The number of nitrogens with zero attached hydrogens (tertiary/aromatic N) is 6. The minimum atomic E-state index is -3.21. The number of ether oxygens (including phenoxy) is 1. The van der Waals surface area contributed by atoms with Crippen LogP contribution < -0.4 is 10.1 Å². The number of anilines is 2. The Labute approximate surface area is 203 Å². The van der Waals surface area contributed by atoms with E-state index in [9.17, 15) is 8.42 Å². The molecule has 0 amide bonds. The van der Waals surface area contributed by atoms with E-state index in [0.29, 0.717) is 31.2 Å². The molecule has 4 heterocycles. The Bertz CT molecular complexity index is 1550. The summed E-state index contributed by atoms with van der Waals surface area (Å²) in [5.74, 6) is 1.15. The lowest BCUT2D eigenvalue weighted by Crippen LogP contribution is -2.33. The number of sulfonamides is 1. The normalized spacial score (nSPS) is 14.8. The fraction of sp³-hybridized carbons (Fsp3) is 0.292. The van der Waals surface area contributed by atoms with E-state index in [-0.39, 0.29) is 0 Å². The van der Waals surface area contributed by atoms with E-state index in [0.717, 1.165) is 39.4 Å². The van der Waals surface area contributed by atoms with Crippen LogP contribution in [0.5, 0.6) is 5.75 Å². The van der Waals surface area contributed by atoms with Crippen LogP contribution in [0.3, 0.4) is 0 Å². The summed E-state index contributed by atoms with van der Waals surface area (Å²) in [5.41, 5.74) is 6.38. The van der Waals surface area contributed by atoms with Gasteiger partial charge in [0.05, 0.1) is 31.1 Å². The van der Waals surface area contributed by atoms with Crippen molar-refractivity contribution >= 4 is 32.9 Å². The molecule has 1 aromatic carbocycles. The van der Waals surface area contributed by atoms with Gasteiger partial charge in [0.15, 0.2) is 5.65 Å². The van der Waals surface area contributed by atoms with Crippen molar-refractivity contribution in [1.29, 1.82) is 0 Å². The summed E-state index contributed by atoms with van der Waals surface area (Å²) in [6.07, 6.45) is 9.44. The number of benzene rings is 1. The summed E-state index contributed by atoms with van der Waals surface area (Å²) in [6.45, 7) is 4.75. The van der Waals surface area contributed by atoms with Gasteiger partial charge in [0.2, 0.25) is 16.0 Å². The van der Waals surface area contributed by atoms with Crippen LogP contribution in [0, 0.1) is 13.8 Å². The fourth-order valence-corrected chi connectivity index (χ4v) is 5.02. The van der Waals surface area contributed by atoms with E-state index >= 15 is 0 Å². The molecular weight excluding hydrogens is 466 g/mol. The van der Waals surface area contributed by atoms with Gasteiger partial charge in [-0.3, -0.25) is 0 Å². The lowest BCUT2D eigenvalue weighted by molar-refractivity contribution is 0.413. The number of methoxy groups -OCH3 is 1. The zero-order valence-corrected chi connectivity index (χ0v) is 20.9. The van der Waals surface area contributed by atoms with Gasteiger partial charge in [-0.15, -0.1) is 5.10 Å². The first-order valence-corrected chi connectivity index (χ1v) is 13.0. The summed E-state index contributed by atoms with van der Waals surface area (Å²) in [4.78, 5) is 9.03. The highest BCUT2D eigenvalue weighted by Gasteiger charge is 2.22. The van der Waals surface area contributed by atoms with E-state index in [4.69, 9.17) is 9.72 Å². The molecule has 1 N–H and O–H groups in total. The Morgan fingerprint density at radius 1 is 1.14 bits per heavy atom. The van der Waals surface area contributed by atoms with Gasteiger partial charge < -0.3 is 14.6 Å². The molecule has 35 heavy (non-hydrogen) atoms. The standard InChI is InChI=1S/C24H27N7O3S/c1-16-11-20(18-7-9-30(10-8-18)35(4,32)33)23-27-24(28-31(23)13-16)26-19-5-6-21(22(12-19)34-3)29-14-17(2)25-15-29/h5-7,11-15H,8-10H2,1-4H3,(H,26,28). The Morgan fingerprint density at radius 2 is 1.97 bits per heavy atom. The minimum absolute atomic E-state index is 0.357. The molecule has 0 spiro atoms. The Hall–Kier alpha value is -3.70. The number of rotatable bonds is 6. The molecule has 0 aliphatic carbocycles. The van der Waals surface area contributed by atoms with Crippen LogP contribution in [-0.4, -0.2) is 63.3 Å². The number of hydrogen-bond donors (Lipinski definition) is 1. The third kappa shape index (κ3) is 4.64. The van der Waals surface area contributed by atoms with E-state index in [1.165, 1.54) is 10.6 Å². The topological polar surface area (TPSA) is 107 Å². The SMILES string of the molecule is COc1cc(Nc2nc3c(C4=CCN(S(C)(=O)=O)CC4)cc(C)cn3n2)ccc1-n1cnc(C)c1. The number of fused-ring (bicyclic) bond motifs is 1. The molecule has 10 nitrogen and oxygen atoms in total. The Balaban J connectivity index is 1.45. The summed E-state index contributed by atoms with van der Waals surface area (Å²) in [5, 5.41) is 7.90. The lowest BCUT2D eigenvalue weighted by atomic mass is 10.0. The van der Waals surface area contributed by atoms with Gasteiger partial charge >= 0.3 is 0 Å². The van der Waals surface area contributed by atoms with E-state index < -0.39 is 10.0 Å². The average molecular weight is 494 g/mol. The Kier molecular flexibility index (Phi) is 5.81. The monoisotopic (exact) mass is 493 g/mol. The van der Waals surface area contributed by atoms with Crippen LogP contribution in [0.25, 0.3) is 16.9 Å². The van der Waals surface area contributed by atoms with Crippen LogP contribution in [-0.2, 0) is 10.0 Å². The molecule has 11 heteroatoms. The first kappa shape index (κ1) is 23.1. The Morgan fingerprint density at radius 3 is 2.63 bits per heavy atom. The maximum atomic E-state index is 11.9. The van der Waals surface area contributed by atoms with Crippen LogP contribution in [0.15, 0.2) is 49.1 Å². The molecule has 4 aromatic rings. The first-order chi connectivity index (χ1) is 16.7. The zero-order chi connectivity index (χ0) is 24.7. The summed E-state index contributed by atoms with van der Waals surface area (Å²) in [7, 11) is -1.58. The van der Waals surface area contributed by atoms with Crippen LogP contribution >= 0.6 is 0 Å². The number of pyridine rings is 1. The first-order valence-electron chi connectivity index (χ1n) is 11.2. The van der Waals surface area contributed by atoms with Gasteiger partial charge in [0.1, 0.15) is 5.75 Å². The van der Waals surface area contributed by atoms with Gasteiger partial charge in [0.25, 0.3) is 0 Å². The fourth-order valence-electron chi connectivity index (χ4n) is 4.26. The maximum Gasteiger partial charge on any atom is 0.247 e. The van der Waals surface area contributed by atoms with Crippen molar-refractivity contribution < 1.29 is 13.2 Å². The minimum Gasteiger partial charge on any atom is -0.494 e. The third-order valence-electron chi connectivity index (χ3n) is 5.98. The molecule has 0 fully saturated rings. The lowest BCUT2D eigenvalue weighted by Gasteiger charge is -2.24. The molecule has 0 atom stereocenters. The zero-order valence-electron chi connectivity index (χ0n) is 20.1. The van der Waals surface area contributed by atoms with Crippen molar-refractivity contribution in [2.24, 2.45) is 0 Å². The largest absolute Gasteiger partial charge is 0.494 e. The van der Waals surface area contributed by atoms with E-state index in [1.807, 2.05) is 55.1 Å². The molecule has 0 bridgehead atoms. The predicted octanol–water partition coefficient (Wildman–Crippen LogP) is 3.33. The van der Waals surface area contributed by atoms with Crippen molar-refractivity contribution in [2.75, 3.05) is 31.8 Å². The smallest absolute Gasteiger partial charge is 0.247 e. The summed E-state index contributed by atoms with van der Waals surface area (Å²) >= 11 is 0. The number of nitrogens with one attached hydrogen (secondary N) is 1. The van der Waals surface area contributed by atoms with Gasteiger partial charge in [-0.2, -0.15) is 9.29 Å². The summed E-state index contributed by atoms with van der Waals surface area (Å²) < 4.78 is 34.5. The van der Waals surface area contributed by atoms with Gasteiger partial charge in [-0.05, 0) is 49.6 Å². The van der Waals surface area contributed by atoms with E-state index in [1.54, 1.807) is 18.0 Å². The number of aryl methyl sites for hydroxylation is 2. The summed E-state index contributed by atoms with van der Waals surface area (Å²) in [6, 6.07) is 7.86. The van der Waals surface area contributed by atoms with Crippen LogP contribution in [0.1, 0.15) is 23.2 Å². The van der Waals surface area contributed by atoms with Crippen molar-refractivity contribution in [3.63, 3.8) is 0 Å². The van der Waals surface area contributed by atoms with Crippen molar-refractivity contribution in [1.82, 2.24) is 28.5 Å². The average Bonchev–Trinajstić information content (AvgIpc) is 3.43. The molecule has 3 aromatic heterocycles. The maximum absolute atomic E-state index is 11.9. The van der Waals surface area contributed by atoms with Crippen molar-refractivity contribution in [2.45, 2.75) is 20.3 Å². The second-order valence-electron chi connectivity index (χ2n) is 8.67. The van der Waals surface area contributed by atoms with Crippen LogP contribution in [0.2, 0.25) is 0 Å².